The number of benzene rings is 1. The number of methoxy groups -OCH3 is 1. The van der Waals surface area contributed by atoms with Gasteiger partial charge in [-0.1, -0.05) is 12.1 Å². The summed E-state index contributed by atoms with van der Waals surface area (Å²) in [5, 5.41) is 3.02. The second kappa shape index (κ2) is 8.56. The fourth-order valence-corrected chi connectivity index (χ4v) is 2.88. The fraction of sp³-hybridized carbons (Fsp3) is 0.556. The molecule has 0 radical (unpaired) electrons. The molecule has 0 aliphatic carbocycles. The average molecular weight is 318 g/mol. The van der Waals surface area contributed by atoms with E-state index in [1.807, 2.05) is 29.2 Å². The van der Waals surface area contributed by atoms with Gasteiger partial charge in [0.2, 0.25) is 11.8 Å². The predicted octanol–water partition coefficient (Wildman–Crippen LogP) is 2.00. The molecule has 0 unspecified atom stereocenters. The first-order chi connectivity index (χ1) is 11.1. The molecule has 2 rings (SSSR count). The minimum Gasteiger partial charge on any atom is -0.497 e. The molecule has 5 nitrogen and oxygen atoms in total. The molecule has 126 valence electrons. The van der Waals surface area contributed by atoms with Crippen molar-refractivity contribution in [3.63, 3.8) is 0 Å². The first-order valence-corrected chi connectivity index (χ1v) is 8.23. The van der Waals surface area contributed by atoms with E-state index in [0.29, 0.717) is 25.3 Å². The van der Waals surface area contributed by atoms with Crippen LogP contribution in [0.3, 0.4) is 0 Å². The topological polar surface area (TPSA) is 58.6 Å². The molecule has 0 atom stereocenters. The maximum absolute atomic E-state index is 12.0. The van der Waals surface area contributed by atoms with Crippen LogP contribution in [-0.4, -0.2) is 43.5 Å². The summed E-state index contributed by atoms with van der Waals surface area (Å²) in [5.41, 5.74) is 1.11. The number of carbonyl (C=O) groups excluding carboxylic acids is 2. The summed E-state index contributed by atoms with van der Waals surface area (Å²) in [5.74, 6) is 1.53. The number of amides is 2. The van der Waals surface area contributed by atoms with Crippen LogP contribution in [0, 0.1) is 5.92 Å². The van der Waals surface area contributed by atoms with Crippen molar-refractivity contribution in [3.8, 4) is 5.75 Å². The molecule has 1 aromatic rings. The lowest BCUT2D eigenvalue weighted by Crippen LogP contribution is -2.40. The molecule has 1 heterocycles. The molecule has 0 saturated carbocycles. The Morgan fingerprint density at radius 1 is 1.30 bits per heavy atom. The fourth-order valence-electron chi connectivity index (χ4n) is 2.88. The summed E-state index contributed by atoms with van der Waals surface area (Å²) in [7, 11) is 1.64. The van der Waals surface area contributed by atoms with Crippen molar-refractivity contribution in [3.05, 3.63) is 29.8 Å². The summed E-state index contributed by atoms with van der Waals surface area (Å²) in [6.45, 7) is 3.93. The number of aryl methyl sites for hydroxylation is 1. The molecule has 5 heteroatoms. The van der Waals surface area contributed by atoms with Gasteiger partial charge in [-0.2, -0.15) is 0 Å². The zero-order chi connectivity index (χ0) is 16.7. The van der Waals surface area contributed by atoms with Crippen LogP contribution in [0.25, 0.3) is 0 Å². The Labute approximate surface area is 138 Å². The Morgan fingerprint density at radius 3 is 2.70 bits per heavy atom. The van der Waals surface area contributed by atoms with E-state index in [0.717, 1.165) is 37.2 Å². The van der Waals surface area contributed by atoms with Crippen molar-refractivity contribution in [2.24, 2.45) is 5.92 Å². The zero-order valence-electron chi connectivity index (χ0n) is 14.0. The molecular weight excluding hydrogens is 292 g/mol. The molecular formula is C18H26N2O3. The summed E-state index contributed by atoms with van der Waals surface area (Å²) in [6.07, 6.45) is 3.14. The van der Waals surface area contributed by atoms with E-state index in [1.165, 1.54) is 0 Å². The summed E-state index contributed by atoms with van der Waals surface area (Å²) < 4.78 is 5.19. The van der Waals surface area contributed by atoms with Crippen LogP contribution < -0.4 is 10.1 Å². The number of hydrogen-bond acceptors (Lipinski definition) is 3. The first kappa shape index (κ1) is 17.3. The molecule has 1 aliphatic heterocycles. The monoisotopic (exact) mass is 318 g/mol. The second-order valence-electron chi connectivity index (χ2n) is 6.11. The largest absolute Gasteiger partial charge is 0.497 e. The second-order valence-corrected chi connectivity index (χ2v) is 6.11. The third-order valence-corrected chi connectivity index (χ3v) is 4.42. The highest BCUT2D eigenvalue weighted by atomic mass is 16.5. The third kappa shape index (κ3) is 5.58. The van der Waals surface area contributed by atoms with Crippen molar-refractivity contribution in [2.45, 2.75) is 32.6 Å². The van der Waals surface area contributed by atoms with Gasteiger partial charge in [0, 0.05) is 33.0 Å². The van der Waals surface area contributed by atoms with Crippen LogP contribution in [0.1, 0.15) is 31.7 Å². The highest BCUT2D eigenvalue weighted by Crippen LogP contribution is 2.17. The molecule has 1 aromatic carbocycles. The van der Waals surface area contributed by atoms with Gasteiger partial charge in [0.1, 0.15) is 5.75 Å². The van der Waals surface area contributed by atoms with Crippen LogP contribution >= 0.6 is 0 Å². The standard InChI is InChI=1S/C18H26N2O3/c1-14(21)20-10-8-16(9-11-20)13-19-18(22)7-6-15-4-3-5-17(12-15)23-2/h3-5,12,16H,6-11,13H2,1-2H3,(H,19,22). The van der Waals surface area contributed by atoms with Crippen LogP contribution in [0.15, 0.2) is 24.3 Å². The molecule has 1 N–H and O–H groups in total. The molecule has 1 saturated heterocycles. The summed E-state index contributed by atoms with van der Waals surface area (Å²) in [4.78, 5) is 25.1. The average Bonchev–Trinajstić information content (AvgIpc) is 2.58. The molecule has 1 aliphatic rings. The highest BCUT2D eigenvalue weighted by molar-refractivity contribution is 5.76. The minimum absolute atomic E-state index is 0.0850. The van der Waals surface area contributed by atoms with E-state index in [4.69, 9.17) is 4.74 Å². The number of nitrogens with zero attached hydrogens (tertiary/aromatic N) is 1. The van der Waals surface area contributed by atoms with Gasteiger partial charge in [0.15, 0.2) is 0 Å². The minimum atomic E-state index is 0.0850. The SMILES string of the molecule is COc1cccc(CCC(=O)NCC2CCN(C(C)=O)CC2)c1. The van der Waals surface area contributed by atoms with Crippen LogP contribution in [0.4, 0.5) is 0 Å². The van der Waals surface area contributed by atoms with Gasteiger partial charge in [0.25, 0.3) is 0 Å². The number of piperidine rings is 1. The first-order valence-electron chi connectivity index (χ1n) is 8.23. The van der Waals surface area contributed by atoms with Gasteiger partial charge < -0.3 is 15.0 Å². The number of nitrogens with one attached hydrogen (secondary N) is 1. The van der Waals surface area contributed by atoms with Gasteiger partial charge in [-0.25, -0.2) is 0 Å². The predicted molar refractivity (Wildman–Crippen MR) is 89.3 cm³/mol. The van der Waals surface area contributed by atoms with Crippen molar-refractivity contribution in [2.75, 3.05) is 26.7 Å². The van der Waals surface area contributed by atoms with Crippen molar-refractivity contribution in [1.29, 1.82) is 0 Å². The summed E-state index contributed by atoms with van der Waals surface area (Å²) >= 11 is 0. The van der Waals surface area contributed by atoms with E-state index in [2.05, 4.69) is 5.32 Å². The Bertz CT molecular complexity index is 537. The maximum Gasteiger partial charge on any atom is 0.220 e. The lowest BCUT2D eigenvalue weighted by molar-refractivity contribution is -0.130. The number of rotatable bonds is 6. The molecule has 23 heavy (non-hydrogen) atoms. The maximum atomic E-state index is 12.0. The Kier molecular flexibility index (Phi) is 6.44. The quantitative estimate of drug-likeness (QED) is 0.873. The molecule has 0 aromatic heterocycles. The van der Waals surface area contributed by atoms with E-state index in [9.17, 15) is 9.59 Å². The lowest BCUT2D eigenvalue weighted by Gasteiger charge is -2.31. The van der Waals surface area contributed by atoms with Gasteiger partial charge >= 0.3 is 0 Å². The number of ether oxygens (including phenoxy) is 1. The number of likely N-dealkylation sites (tertiary alicyclic amines) is 1. The number of hydrogen-bond donors (Lipinski definition) is 1. The van der Waals surface area contributed by atoms with Gasteiger partial charge in [-0.05, 0) is 42.9 Å². The van der Waals surface area contributed by atoms with E-state index >= 15 is 0 Å². The summed E-state index contributed by atoms with van der Waals surface area (Å²) in [6, 6.07) is 7.81. The van der Waals surface area contributed by atoms with Gasteiger partial charge in [-0.15, -0.1) is 0 Å². The van der Waals surface area contributed by atoms with Crippen molar-refractivity contribution in [1.82, 2.24) is 10.2 Å². The van der Waals surface area contributed by atoms with Crippen LogP contribution in [0.2, 0.25) is 0 Å². The molecule has 2 amide bonds. The molecule has 0 bridgehead atoms. The van der Waals surface area contributed by atoms with Gasteiger partial charge in [-0.3, -0.25) is 9.59 Å². The van der Waals surface area contributed by atoms with E-state index in [1.54, 1.807) is 14.0 Å². The third-order valence-electron chi connectivity index (χ3n) is 4.42. The van der Waals surface area contributed by atoms with Gasteiger partial charge in [0.05, 0.1) is 7.11 Å². The van der Waals surface area contributed by atoms with E-state index < -0.39 is 0 Å². The highest BCUT2D eigenvalue weighted by Gasteiger charge is 2.20. The van der Waals surface area contributed by atoms with Crippen molar-refractivity contribution < 1.29 is 14.3 Å². The normalized spacial score (nSPS) is 15.3. The van der Waals surface area contributed by atoms with E-state index in [-0.39, 0.29) is 11.8 Å². The molecule has 1 fully saturated rings. The Balaban J connectivity index is 1.66. The Hall–Kier alpha value is -2.04. The zero-order valence-corrected chi connectivity index (χ0v) is 14.0. The molecule has 0 spiro atoms. The van der Waals surface area contributed by atoms with Crippen LogP contribution in [-0.2, 0) is 16.0 Å². The smallest absolute Gasteiger partial charge is 0.220 e. The number of carbonyl (C=O) groups is 2. The Morgan fingerprint density at radius 2 is 2.04 bits per heavy atom. The van der Waals surface area contributed by atoms with Crippen LogP contribution in [0.5, 0.6) is 5.75 Å². The van der Waals surface area contributed by atoms with Crippen molar-refractivity contribution >= 4 is 11.8 Å². The lowest BCUT2D eigenvalue weighted by atomic mass is 9.96.